The number of hydrogen-bond donors (Lipinski definition) is 3. The van der Waals surface area contributed by atoms with Crippen LogP contribution < -0.4 is 16.4 Å². The molecule has 32 heavy (non-hydrogen) atoms. The third kappa shape index (κ3) is 5.37. The summed E-state index contributed by atoms with van der Waals surface area (Å²) >= 11 is 0. The van der Waals surface area contributed by atoms with Gasteiger partial charge in [0.15, 0.2) is 0 Å². The normalized spacial score (nSPS) is 16.3. The Hall–Kier alpha value is -3.13. The quantitative estimate of drug-likeness (QED) is 0.517. The number of hydrogen-bond acceptors (Lipinski definition) is 3. The van der Waals surface area contributed by atoms with Gasteiger partial charge in [-0.1, -0.05) is 42.5 Å². The van der Waals surface area contributed by atoms with Crippen LogP contribution in [0.25, 0.3) is 5.57 Å². The molecular weight excluding hydrogens is 419 g/mol. The Labute approximate surface area is 184 Å². The van der Waals surface area contributed by atoms with Gasteiger partial charge in [0.05, 0.1) is 5.41 Å². The number of rotatable bonds is 9. The highest BCUT2D eigenvalue weighted by molar-refractivity contribution is 5.97. The number of amides is 2. The number of halogens is 3. The zero-order valence-corrected chi connectivity index (χ0v) is 17.7. The maximum Gasteiger partial charge on any atom is 0.398 e. The summed E-state index contributed by atoms with van der Waals surface area (Å²) in [5.74, 6) is -1.08. The molecule has 2 amide bonds. The largest absolute Gasteiger partial charge is 0.398 e. The smallest absolute Gasteiger partial charge is 0.366 e. The van der Waals surface area contributed by atoms with Crippen LogP contribution in [-0.4, -0.2) is 37.6 Å². The summed E-state index contributed by atoms with van der Waals surface area (Å²) < 4.78 is 41.3. The van der Waals surface area contributed by atoms with Gasteiger partial charge in [-0.05, 0) is 55.1 Å². The van der Waals surface area contributed by atoms with Crippen molar-refractivity contribution in [2.24, 2.45) is 11.1 Å². The summed E-state index contributed by atoms with van der Waals surface area (Å²) in [5.41, 5.74) is 5.02. The minimum atomic E-state index is -4.42. The number of carbonyl (C=O) groups excluding carboxylic acids is 2. The summed E-state index contributed by atoms with van der Waals surface area (Å²) in [6.07, 6.45) is -2.82. The van der Waals surface area contributed by atoms with Crippen LogP contribution in [0.2, 0.25) is 0 Å². The maximum absolute atomic E-state index is 13.8. The molecule has 2 aromatic carbocycles. The van der Waals surface area contributed by atoms with Crippen LogP contribution in [-0.2, 0) is 11.2 Å². The molecule has 1 atom stereocenters. The molecule has 1 aliphatic carbocycles. The lowest BCUT2D eigenvalue weighted by molar-refractivity contribution is -0.168. The Morgan fingerprint density at radius 1 is 1.06 bits per heavy atom. The molecule has 5 nitrogen and oxygen atoms in total. The van der Waals surface area contributed by atoms with Gasteiger partial charge in [-0.2, -0.15) is 13.2 Å². The van der Waals surface area contributed by atoms with Gasteiger partial charge in [-0.25, -0.2) is 0 Å². The molecule has 1 aliphatic rings. The van der Waals surface area contributed by atoms with E-state index in [2.05, 4.69) is 10.6 Å². The summed E-state index contributed by atoms with van der Waals surface area (Å²) in [7, 11) is 1.74. The molecule has 0 saturated heterocycles. The average Bonchev–Trinajstić information content (AvgIpc) is 3.58. The van der Waals surface area contributed by atoms with E-state index in [0.717, 1.165) is 11.6 Å². The number of carbonyl (C=O) groups is 2. The second-order valence-corrected chi connectivity index (χ2v) is 8.00. The zero-order chi connectivity index (χ0) is 23.4. The lowest BCUT2D eigenvalue weighted by Gasteiger charge is -2.23. The van der Waals surface area contributed by atoms with Crippen molar-refractivity contribution < 1.29 is 22.8 Å². The highest BCUT2D eigenvalue weighted by Gasteiger charge is 2.65. The number of allylic oxidation sites excluding steroid dienone is 1. The van der Waals surface area contributed by atoms with Crippen molar-refractivity contribution in [3.63, 3.8) is 0 Å². The van der Waals surface area contributed by atoms with Crippen LogP contribution in [0.4, 0.5) is 13.2 Å². The lowest BCUT2D eigenvalue weighted by atomic mass is 9.88. The van der Waals surface area contributed by atoms with Crippen LogP contribution in [0.1, 0.15) is 34.3 Å². The summed E-state index contributed by atoms with van der Waals surface area (Å²) in [6.45, 7) is 0.227. The van der Waals surface area contributed by atoms with E-state index in [1.165, 1.54) is 0 Å². The third-order valence-corrected chi connectivity index (χ3v) is 5.82. The molecule has 170 valence electrons. The second-order valence-electron chi connectivity index (χ2n) is 8.00. The van der Waals surface area contributed by atoms with E-state index in [9.17, 15) is 22.8 Å². The number of nitrogens with one attached hydrogen (secondary N) is 2. The van der Waals surface area contributed by atoms with Gasteiger partial charge in [0.25, 0.3) is 0 Å². The first-order valence-electron chi connectivity index (χ1n) is 10.3. The molecule has 8 heteroatoms. The van der Waals surface area contributed by atoms with E-state index in [1.54, 1.807) is 61.6 Å². The first-order valence-corrected chi connectivity index (χ1v) is 10.3. The number of alkyl halides is 3. The Kier molecular flexibility index (Phi) is 7.03. The molecule has 3 rings (SSSR count). The van der Waals surface area contributed by atoms with Gasteiger partial charge in [-0.15, -0.1) is 0 Å². The SMILES string of the molecule is CN[C@H](CNC(=O)/C=C(/c1ccccc1)C1(C(F)(F)F)CC1)Cc1ccc(C(N)=O)cc1. The van der Waals surface area contributed by atoms with Crippen molar-refractivity contribution in [2.75, 3.05) is 13.6 Å². The Balaban J connectivity index is 1.70. The van der Waals surface area contributed by atoms with E-state index < -0.39 is 23.4 Å². The minimum absolute atomic E-state index is 0.00569. The zero-order valence-electron chi connectivity index (χ0n) is 17.7. The molecule has 1 saturated carbocycles. The van der Waals surface area contributed by atoms with E-state index in [-0.39, 0.29) is 31.0 Å². The molecule has 0 unspecified atom stereocenters. The second kappa shape index (κ2) is 9.56. The molecule has 0 aromatic heterocycles. The number of primary amides is 1. The number of nitrogens with two attached hydrogens (primary N) is 1. The molecule has 0 bridgehead atoms. The highest BCUT2D eigenvalue weighted by atomic mass is 19.4. The van der Waals surface area contributed by atoms with Gasteiger partial charge in [0.2, 0.25) is 11.8 Å². The fourth-order valence-electron chi connectivity index (χ4n) is 3.72. The van der Waals surface area contributed by atoms with E-state index >= 15 is 0 Å². The molecule has 2 aromatic rings. The van der Waals surface area contributed by atoms with Crippen molar-refractivity contribution in [3.05, 3.63) is 77.4 Å². The molecule has 0 heterocycles. The first kappa shape index (κ1) is 23.5. The van der Waals surface area contributed by atoms with Gasteiger partial charge >= 0.3 is 6.18 Å². The van der Waals surface area contributed by atoms with E-state index in [0.29, 0.717) is 17.5 Å². The molecule has 0 aliphatic heterocycles. The fourth-order valence-corrected chi connectivity index (χ4v) is 3.72. The molecule has 4 N–H and O–H groups in total. The predicted molar refractivity (Wildman–Crippen MR) is 117 cm³/mol. The van der Waals surface area contributed by atoms with Gasteiger partial charge in [-0.3, -0.25) is 9.59 Å². The average molecular weight is 445 g/mol. The summed E-state index contributed by atoms with van der Waals surface area (Å²) in [5, 5.41) is 5.80. The van der Waals surface area contributed by atoms with Crippen LogP contribution in [0.15, 0.2) is 60.7 Å². The van der Waals surface area contributed by atoms with E-state index in [1.807, 2.05) is 0 Å². The lowest BCUT2D eigenvalue weighted by Crippen LogP contribution is -2.40. The number of benzene rings is 2. The standard InChI is InChI=1S/C24H26F3N3O2/c1-29-19(13-16-7-9-18(10-8-16)22(28)32)15-30-21(31)14-20(17-5-3-2-4-6-17)23(11-12-23)24(25,26)27/h2-10,14,19,29H,11-13,15H2,1H3,(H2,28,32)(H,30,31)/b20-14-/t19-/m0/s1. The van der Waals surface area contributed by atoms with Gasteiger partial charge in [0, 0.05) is 24.2 Å². The van der Waals surface area contributed by atoms with Gasteiger partial charge in [0.1, 0.15) is 0 Å². The molecule has 1 fully saturated rings. The van der Waals surface area contributed by atoms with E-state index in [4.69, 9.17) is 5.73 Å². The Bertz CT molecular complexity index is 982. The number of likely N-dealkylation sites (N-methyl/N-ethyl adjacent to an activating group) is 1. The Morgan fingerprint density at radius 3 is 2.19 bits per heavy atom. The first-order chi connectivity index (χ1) is 15.2. The van der Waals surface area contributed by atoms with Crippen LogP contribution in [0.3, 0.4) is 0 Å². The Morgan fingerprint density at radius 2 is 1.69 bits per heavy atom. The van der Waals surface area contributed by atoms with Crippen molar-refractivity contribution in [2.45, 2.75) is 31.5 Å². The summed E-state index contributed by atoms with van der Waals surface area (Å²) in [4.78, 5) is 23.8. The topological polar surface area (TPSA) is 84.2 Å². The minimum Gasteiger partial charge on any atom is -0.366 e. The summed E-state index contributed by atoms with van der Waals surface area (Å²) in [6, 6.07) is 14.9. The van der Waals surface area contributed by atoms with Crippen LogP contribution in [0, 0.1) is 5.41 Å². The van der Waals surface area contributed by atoms with Crippen molar-refractivity contribution in [1.29, 1.82) is 0 Å². The van der Waals surface area contributed by atoms with Crippen LogP contribution in [0.5, 0.6) is 0 Å². The van der Waals surface area contributed by atoms with Crippen molar-refractivity contribution in [1.82, 2.24) is 10.6 Å². The van der Waals surface area contributed by atoms with Crippen molar-refractivity contribution >= 4 is 17.4 Å². The third-order valence-electron chi connectivity index (χ3n) is 5.82. The van der Waals surface area contributed by atoms with Crippen molar-refractivity contribution in [3.8, 4) is 0 Å². The fraction of sp³-hybridized carbons (Fsp3) is 0.333. The molecule has 0 spiro atoms. The highest BCUT2D eigenvalue weighted by Crippen LogP contribution is 2.64. The maximum atomic E-state index is 13.8. The van der Waals surface area contributed by atoms with Gasteiger partial charge < -0.3 is 16.4 Å². The molecular formula is C24H26F3N3O2. The van der Waals surface area contributed by atoms with Crippen LogP contribution >= 0.6 is 0 Å². The predicted octanol–water partition coefficient (Wildman–Crippen LogP) is 3.46. The monoisotopic (exact) mass is 445 g/mol. The molecule has 0 radical (unpaired) electrons.